The number of nitrogens with two attached hydrogens (primary N) is 1. The van der Waals surface area contributed by atoms with Gasteiger partial charge in [0.1, 0.15) is 5.75 Å². The highest BCUT2D eigenvalue weighted by Gasteiger charge is 2.17. The number of sulfonamides is 1. The van der Waals surface area contributed by atoms with E-state index in [-0.39, 0.29) is 22.3 Å². The maximum Gasteiger partial charge on any atom is 0.238 e. The zero-order chi connectivity index (χ0) is 23.0. The van der Waals surface area contributed by atoms with Crippen LogP contribution in [0.5, 0.6) is 5.75 Å². The topological polar surface area (TPSA) is 139 Å². The molecule has 4 aromatic rings. The van der Waals surface area contributed by atoms with E-state index in [9.17, 15) is 12.8 Å². The zero-order valence-corrected chi connectivity index (χ0v) is 18.2. The predicted octanol–water partition coefficient (Wildman–Crippen LogP) is 2.97. The number of nitrogens with one attached hydrogen (secondary N) is 2. The molecule has 0 atom stereocenters. The summed E-state index contributed by atoms with van der Waals surface area (Å²) in [5, 5.41) is 16.2. The molecule has 0 saturated heterocycles. The molecule has 0 spiro atoms. The molecular weight excluding hydrogens is 437 g/mol. The second-order valence-electron chi connectivity index (χ2n) is 7.01. The van der Waals surface area contributed by atoms with Gasteiger partial charge in [0.25, 0.3) is 0 Å². The van der Waals surface area contributed by atoms with Gasteiger partial charge in [-0.05, 0) is 43.3 Å². The largest absolute Gasteiger partial charge is 0.495 e. The van der Waals surface area contributed by atoms with Crippen LogP contribution in [0.2, 0.25) is 0 Å². The summed E-state index contributed by atoms with van der Waals surface area (Å²) in [6.07, 6.45) is 1.02. The molecule has 32 heavy (non-hydrogen) atoms. The maximum atomic E-state index is 14.6. The molecule has 12 heteroatoms. The molecule has 0 saturated carbocycles. The second kappa shape index (κ2) is 8.05. The van der Waals surface area contributed by atoms with Crippen molar-refractivity contribution in [2.45, 2.75) is 11.8 Å². The monoisotopic (exact) mass is 457 g/mol. The minimum absolute atomic E-state index is 0.00988. The molecular formula is C20H20FN7O3S. The highest BCUT2D eigenvalue weighted by Crippen LogP contribution is 2.31. The fourth-order valence-electron chi connectivity index (χ4n) is 3.20. The van der Waals surface area contributed by atoms with E-state index in [1.807, 2.05) is 25.1 Å². The van der Waals surface area contributed by atoms with Gasteiger partial charge in [-0.2, -0.15) is 10.1 Å². The third-order valence-electron chi connectivity index (χ3n) is 4.91. The molecule has 166 valence electrons. The lowest BCUT2D eigenvalue weighted by atomic mass is 10.2. The van der Waals surface area contributed by atoms with Crippen LogP contribution in [0.4, 0.5) is 27.5 Å². The van der Waals surface area contributed by atoms with E-state index < -0.39 is 15.8 Å². The average Bonchev–Trinajstić information content (AvgIpc) is 3.14. The Kier molecular flexibility index (Phi) is 5.40. The Morgan fingerprint density at radius 1 is 1.22 bits per heavy atom. The molecule has 0 bridgehead atoms. The van der Waals surface area contributed by atoms with Gasteiger partial charge < -0.3 is 15.0 Å². The first-order valence-electron chi connectivity index (χ1n) is 9.36. The van der Waals surface area contributed by atoms with Gasteiger partial charge in [0.15, 0.2) is 11.6 Å². The van der Waals surface area contributed by atoms with Gasteiger partial charge >= 0.3 is 0 Å². The van der Waals surface area contributed by atoms with Gasteiger partial charge in [0.05, 0.1) is 29.4 Å². The number of primary sulfonamides is 1. The summed E-state index contributed by atoms with van der Waals surface area (Å²) >= 11 is 0. The van der Waals surface area contributed by atoms with E-state index >= 15 is 0 Å². The molecule has 0 amide bonds. The molecule has 2 heterocycles. The van der Waals surface area contributed by atoms with Gasteiger partial charge in [-0.1, -0.05) is 0 Å². The van der Waals surface area contributed by atoms with Crippen LogP contribution in [0.25, 0.3) is 10.9 Å². The first-order chi connectivity index (χ1) is 15.2. The third-order valence-corrected chi connectivity index (χ3v) is 5.82. The van der Waals surface area contributed by atoms with E-state index in [0.29, 0.717) is 11.4 Å². The summed E-state index contributed by atoms with van der Waals surface area (Å²) in [4.78, 5) is 9.65. The Balaban J connectivity index is 1.70. The number of fused-ring (bicyclic) bond motifs is 1. The van der Waals surface area contributed by atoms with E-state index in [4.69, 9.17) is 9.88 Å². The minimum atomic E-state index is -3.94. The molecule has 2 aromatic carbocycles. The number of aromatic amines is 1. The van der Waals surface area contributed by atoms with Crippen molar-refractivity contribution in [3.05, 3.63) is 54.1 Å². The van der Waals surface area contributed by atoms with Gasteiger partial charge in [0.2, 0.25) is 16.0 Å². The quantitative estimate of drug-likeness (QED) is 0.402. The molecule has 4 N–H and O–H groups in total. The Morgan fingerprint density at radius 3 is 2.72 bits per heavy atom. The lowest BCUT2D eigenvalue weighted by Gasteiger charge is -2.20. The molecule has 0 aliphatic rings. The number of halogens is 1. The first-order valence-corrected chi connectivity index (χ1v) is 10.9. The Labute approximate surface area is 183 Å². The summed E-state index contributed by atoms with van der Waals surface area (Å²) in [5.41, 5.74) is 2.60. The van der Waals surface area contributed by atoms with Crippen LogP contribution in [-0.4, -0.2) is 42.7 Å². The molecule has 4 rings (SSSR count). The number of anilines is 4. The van der Waals surface area contributed by atoms with Gasteiger partial charge in [-0.3, -0.25) is 5.10 Å². The van der Waals surface area contributed by atoms with Crippen LogP contribution in [0.3, 0.4) is 0 Å². The summed E-state index contributed by atoms with van der Waals surface area (Å²) < 4.78 is 43.2. The fourth-order valence-corrected chi connectivity index (χ4v) is 3.74. The van der Waals surface area contributed by atoms with Crippen LogP contribution in [0.15, 0.2) is 47.5 Å². The Morgan fingerprint density at radius 2 is 2.00 bits per heavy atom. The number of ether oxygens (including phenoxy) is 1. The molecule has 10 nitrogen and oxygen atoms in total. The number of rotatable bonds is 6. The average molecular weight is 457 g/mol. The fraction of sp³-hybridized carbons (Fsp3) is 0.150. The van der Waals surface area contributed by atoms with Crippen molar-refractivity contribution >= 4 is 44.1 Å². The molecule has 0 aliphatic carbocycles. The molecule has 0 fully saturated rings. The highest BCUT2D eigenvalue weighted by molar-refractivity contribution is 7.89. The Bertz CT molecular complexity index is 1420. The van der Waals surface area contributed by atoms with Gasteiger partial charge in [-0.15, -0.1) is 0 Å². The number of nitrogens with zero attached hydrogens (tertiary/aromatic N) is 4. The van der Waals surface area contributed by atoms with Crippen molar-refractivity contribution in [2.24, 2.45) is 5.14 Å². The number of H-pyrrole nitrogens is 1. The first kappa shape index (κ1) is 21.5. The third kappa shape index (κ3) is 4.05. The standard InChI is InChI=1S/C20H20FN7O3S/c1-11-14-6-4-12(8-16(14)27-26-11)28(2)19-15(21)10-23-20(25-19)24-17-9-13(32(22,29)30)5-7-18(17)31-3/h4-10H,1-3H3,(H,26,27)(H2,22,29,30)(H,23,24,25). The van der Waals surface area contributed by atoms with Crippen molar-refractivity contribution in [3.8, 4) is 5.75 Å². The minimum Gasteiger partial charge on any atom is -0.495 e. The van der Waals surface area contributed by atoms with Crippen LogP contribution in [-0.2, 0) is 10.0 Å². The van der Waals surface area contributed by atoms with Crippen LogP contribution < -0.4 is 20.1 Å². The smallest absolute Gasteiger partial charge is 0.238 e. The summed E-state index contributed by atoms with van der Waals surface area (Å²) in [7, 11) is -0.846. The lowest BCUT2D eigenvalue weighted by Crippen LogP contribution is -2.15. The second-order valence-corrected chi connectivity index (χ2v) is 8.57. The molecule has 0 unspecified atom stereocenters. The lowest BCUT2D eigenvalue weighted by molar-refractivity contribution is 0.416. The van der Waals surface area contributed by atoms with E-state index in [2.05, 4.69) is 25.5 Å². The van der Waals surface area contributed by atoms with Crippen LogP contribution in [0, 0.1) is 12.7 Å². The van der Waals surface area contributed by atoms with Gasteiger partial charge in [0, 0.05) is 23.8 Å². The van der Waals surface area contributed by atoms with Crippen LogP contribution in [0.1, 0.15) is 5.69 Å². The van der Waals surface area contributed by atoms with Crippen molar-refractivity contribution in [1.29, 1.82) is 0 Å². The predicted molar refractivity (Wildman–Crippen MR) is 119 cm³/mol. The number of hydrogen-bond acceptors (Lipinski definition) is 8. The summed E-state index contributed by atoms with van der Waals surface area (Å²) in [5.74, 6) is -0.258. The van der Waals surface area contributed by atoms with Crippen molar-refractivity contribution in [3.63, 3.8) is 0 Å². The van der Waals surface area contributed by atoms with Gasteiger partial charge in [-0.25, -0.2) is 22.9 Å². The zero-order valence-electron chi connectivity index (χ0n) is 17.4. The normalized spacial score (nSPS) is 11.5. The number of methoxy groups -OCH3 is 1. The molecule has 0 aliphatic heterocycles. The number of aromatic nitrogens is 4. The number of aryl methyl sites for hydroxylation is 1. The number of benzene rings is 2. The molecule has 2 aromatic heterocycles. The maximum absolute atomic E-state index is 14.6. The van der Waals surface area contributed by atoms with Crippen molar-refractivity contribution < 1.29 is 17.5 Å². The SMILES string of the molecule is COc1ccc(S(N)(=O)=O)cc1Nc1ncc(F)c(N(C)c2ccc3c(C)[nH]nc3c2)n1. The van der Waals surface area contributed by atoms with Crippen molar-refractivity contribution in [1.82, 2.24) is 20.2 Å². The highest BCUT2D eigenvalue weighted by atomic mass is 32.2. The molecule has 0 radical (unpaired) electrons. The number of hydrogen-bond donors (Lipinski definition) is 3. The van der Waals surface area contributed by atoms with Crippen LogP contribution >= 0.6 is 0 Å². The summed E-state index contributed by atoms with van der Waals surface area (Å²) in [6, 6.07) is 9.58. The Hall–Kier alpha value is -3.77. The van der Waals surface area contributed by atoms with Crippen molar-refractivity contribution in [2.75, 3.05) is 24.4 Å². The summed E-state index contributed by atoms with van der Waals surface area (Å²) in [6.45, 7) is 1.92. The van der Waals surface area contributed by atoms with E-state index in [0.717, 1.165) is 22.8 Å². The van der Waals surface area contributed by atoms with E-state index in [1.165, 1.54) is 25.3 Å². The van der Waals surface area contributed by atoms with E-state index in [1.54, 1.807) is 11.9 Å².